The summed E-state index contributed by atoms with van der Waals surface area (Å²) in [5, 5.41) is 0.703. The van der Waals surface area contributed by atoms with Gasteiger partial charge in [-0.1, -0.05) is 55.6 Å². The van der Waals surface area contributed by atoms with Gasteiger partial charge in [0.2, 0.25) is 0 Å². The van der Waals surface area contributed by atoms with Crippen molar-refractivity contribution in [2.24, 2.45) is 0 Å². The van der Waals surface area contributed by atoms with E-state index in [1.807, 2.05) is 42.5 Å². The summed E-state index contributed by atoms with van der Waals surface area (Å²) in [4.78, 5) is 0. The van der Waals surface area contributed by atoms with Gasteiger partial charge in [-0.3, -0.25) is 0 Å². The molecular formula is C13H9Br2ClO. The average Bonchev–Trinajstić information content (AvgIpc) is 2.28. The molecule has 2 rings (SSSR count). The lowest BCUT2D eigenvalue weighted by Gasteiger charge is -2.08. The summed E-state index contributed by atoms with van der Waals surface area (Å²) in [6.07, 6.45) is 0. The van der Waals surface area contributed by atoms with Crippen molar-refractivity contribution >= 4 is 43.5 Å². The summed E-state index contributed by atoms with van der Waals surface area (Å²) in [6.45, 7) is 0.461. The van der Waals surface area contributed by atoms with Gasteiger partial charge in [0.25, 0.3) is 0 Å². The van der Waals surface area contributed by atoms with E-state index < -0.39 is 0 Å². The molecule has 0 radical (unpaired) electrons. The number of rotatable bonds is 3. The summed E-state index contributed by atoms with van der Waals surface area (Å²) in [7, 11) is 0. The van der Waals surface area contributed by atoms with Gasteiger partial charge in [-0.25, -0.2) is 0 Å². The molecular weight excluding hydrogens is 367 g/mol. The fourth-order valence-corrected chi connectivity index (χ4v) is 2.46. The van der Waals surface area contributed by atoms with Gasteiger partial charge in [-0.05, 0) is 30.3 Å². The standard InChI is InChI=1S/C13H9Br2ClO/c14-10-2-1-3-12(6-10)17-8-9-4-5-11(15)7-13(9)16/h1-7H,8H2. The summed E-state index contributed by atoms with van der Waals surface area (Å²) < 4.78 is 7.63. The van der Waals surface area contributed by atoms with Gasteiger partial charge in [-0.2, -0.15) is 0 Å². The number of benzene rings is 2. The Morgan fingerprint density at radius 1 is 1.00 bits per heavy atom. The molecule has 0 fully saturated rings. The molecule has 0 atom stereocenters. The van der Waals surface area contributed by atoms with Crippen molar-refractivity contribution in [2.75, 3.05) is 0 Å². The van der Waals surface area contributed by atoms with Crippen LogP contribution in [0.5, 0.6) is 5.75 Å². The number of halogens is 3. The van der Waals surface area contributed by atoms with E-state index in [1.54, 1.807) is 0 Å². The zero-order chi connectivity index (χ0) is 12.3. The van der Waals surface area contributed by atoms with Crippen molar-refractivity contribution in [1.82, 2.24) is 0 Å². The fraction of sp³-hybridized carbons (Fsp3) is 0.0769. The SMILES string of the molecule is Clc1cc(Br)ccc1COc1cccc(Br)c1. The summed E-state index contributed by atoms with van der Waals surface area (Å²) in [5.41, 5.74) is 0.967. The molecule has 0 unspecified atom stereocenters. The van der Waals surface area contributed by atoms with Gasteiger partial charge >= 0.3 is 0 Å². The number of hydrogen-bond acceptors (Lipinski definition) is 1. The molecule has 0 saturated heterocycles. The van der Waals surface area contributed by atoms with Crippen LogP contribution < -0.4 is 4.74 Å². The van der Waals surface area contributed by atoms with E-state index in [2.05, 4.69) is 31.9 Å². The van der Waals surface area contributed by atoms with Crippen LogP contribution in [0.1, 0.15) is 5.56 Å². The third-order valence-electron chi connectivity index (χ3n) is 2.21. The predicted octanol–water partition coefficient (Wildman–Crippen LogP) is 5.44. The van der Waals surface area contributed by atoms with Crippen LogP contribution in [0.4, 0.5) is 0 Å². The minimum atomic E-state index is 0.461. The van der Waals surface area contributed by atoms with Crippen molar-refractivity contribution < 1.29 is 4.74 Å². The van der Waals surface area contributed by atoms with Crippen molar-refractivity contribution in [3.8, 4) is 5.75 Å². The Hall–Kier alpha value is -0.510. The monoisotopic (exact) mass is 374 g/mol. The summed E-state index contributed by atoms with van der Waals surface area (Å²) in [5.74, 6) is 0.818. The van der Waals surface area contributed by atoms with Crippen molar-refractivity contribution in [3.63, 3.8) is 0 Å². The number of hydrogen-bond donors (Lipinski definition) is 0. The smallest absolute Gasteiger partial charge is 0.120 e. The highest BCUT2D eigenvalue weighted by atomic mass is 79.9. The molecule has 2 aromatic rings. The van der Waals surface area contributed by atoms with Crippen LogP contribution >= 0.6 is 43.5 Å². The lowest BCUT2D eigenvalue weighted by atomic mass is 10.2. The molecule has 0 bridgehead atoms. The second kappa shape index (κ2) is 5.89. The second-order valence-electron chi connectivity index (χ2n) is 3.48. The molecule has 0 N–H and O–H groups in total. The Bertz CT molecular complexity index is 529. The van der Waals surface area contributed by atoms with E-state index in [1.165, 1.54) is 0 Å². The van der Waals surface area contributed by atoms with Crippen molar-refractivity contribution in [2.45, 2.75) is 6.61 Å². The highest BCUT2D eigenvalue weighted by molar-refractivity contribution is 9.10. The fourth-order valence-electron chi connectivity index (χ4n) is 1.36. The third-order valence-corrected chi connectivity index (χ3v) is 3.54. The maximum absolute atomic E-state index is 6.11. The lowest BCUT2D eigenvalue weighted by molar-refractivity contribution is 0.306. The Labute approximate surface area is 122 Å². The maximum Gasteiger partial charge on any atom is 0.120 e. The molecule has 0 aliphatic heterocycles. The molecule has 17 heavy (non-hydrogen) atoms. The topological polar surface area (TPSA) is 9.23 Å². The van der Waals surface area contributed by atoms with E-state index in [-0.39, 0.29) is 0 Å². The molecule has 0 aromatic heterocycles. The molecule has 4 heteroatoms. The zero-order valence-electron chi connectivity index (χ0n) is 8.79. The molecule has 0 heterocycles. The van der Waals surface area contributed by atoms with Gasteiger partial charge in [0.15, 0.2) is 0 Å². The van der Waals surface area contributed by atoms with Crippen LogP contribution in [0.15, 0.2) is 51.4 Å². The van der Waals surface area contributed by atoms with E-state index >= 15 is 0 Å². The van der Waals surface area contributed by atoms with Crippen molar-refractivity contribution in [3.05, 3.63) is 62.0 Å². The van der Waals surface area contributed by atoms with Gasteiger partial charge in [0, 0.05) is 19.5 Å². The van der Waals surface area contributed by atoms with Crippen LogP contribution in [0, 0.1) is 0 Å². The normalized spacial score (nSPS) is 10.3. The quantitative estimate of drug-likeness (QED) is 0.693. The molecule has 1 nitrogen and oxygen atoms in total. The Balaban J connectivity index is 2.07. The van der Waals surface area contributed by atoms with Crippen LogP contribution in [0.2, 0.25) is 5.02 Å². The first-order chi connectivity index (χ1) is 8.15. The van der Waals surface area contributed by atoms with Crippen molar-refractivity contribution in [1.29, 1.82) is 0 Å². The Morgan fingerprint density at radius 3 is 2.47 bits per heavy atom. The summed E-state index contributed by atoms with van der Waals surface area (Å²) in [6, 6.07) is 13.5. The van der Waals surface area contributed by atoms with Crippen LogP contribution in [0.25, 0.3) is 0 Å². The molecule has 0 aliphatic rings. The second-order valence-corrected chi connectivity index (χ2v) is 5.72. The first-order valence-corrected chi connectivity index (χ1v) is 6.94. The van der Waals surface area contributed by atoms with Crippen LogP contribution in [0.3, 0.4) is 0 Å². The van der Waals surface area contributed by atoms with Gasteiger partial charge < -0.3 is 4.74 Å². The van der Waals surface area contributed by atoms with Gasteiger partial charge in [-0.15, -0.1) is 0 Å². The van der Waals surface area contributed by atoms with Gasteiger partial charge in [0.1, 0.15) is 12.4 Å². The third kappa shape index (κ3) is 3.73. The molecule has 0 spiro atoms. The first kappa shape index (κ1) is 12.9. The minimum absolute atomic E-state index is 0.461. The van der Waals surface area contributed by atoms with Crippen LogP contribution in [-0.2, 0) is 6.61 Å². The molecule has 0 saturated carbocycles. The van der Waals surface area contributed by atoms with E-state index in [9.17, 15) is 0 Å². The van der Waals surface area contributed by atoms with E-state index in [4.69, 9.17) is 16.3 Å². The van der Waals surface area contributed by atoms with E-state index in [0.29, 0.717) is 11.6 Å². The maximum atomic E-state index is 6.11. The largest absolute Gasteiger partial charge is 0.489 e. The molecule has 2 aromatic carbocycles. The summed E-state index contributed by atoms with van der Waals surface area (Å²) >= 11 is 12.9. The van der Waals surface area contributed by atoms with E-state index in [0.717, 1.165) is 20.3 Å². The predicted molar refractivity (Wildman–Crippen MR) is 77.6 cm³/mol. The first-order valence-electron chi connectivity index (χ1n) is 4.97. The Kier molecular flexibility index (Phi) is 4.48. The van der Waals surface area contributed by atoms with Crippen LogP contribution in [-0.4, -0.2) is 0 Å². The van der Waals surface area contributed by atoms with Gasteiger partial charge in [0.05, 0.1) is 0 Å². The molecule has 0 aliphatic carbocycles. The molecule has 0 amide bonds. The highest BCUT2D eigenvalue weighted by Crippen LogP contribution is 2.24. The Morgan fingerprint density at radius 2 is 1.76 bits per heavy atom. The number of ether oxygens (including phenoxy) is 1. The highest BCUT2D eigenvalue weighted by Gasteiger charge is 2.02. The zero-order valence-corrected chi connectivity index (χ0v) is 12.7. The lowest BCUT2D eigenvalue weighted by Crippen LogP contribution is -1.96. The average molecular weight is 376 g/mol. The minimum Gasteiger partial charge on any atom is -0.489 e. The molecule has 88 valence electrons.